The van der Waals surface area contributed by atoms with Crippen molar-refractivity contribution in [2.45, 2.75) is 0 Å². The predicted molar refractivity (Wildman–Crippen MR) is 57.0 cm³/mol. The third-order valence-corrected chi connectivity index (χ3v) is 2.68. The molecule has 0 fully saturated rings. The standard InChI is InChI=1S/C11H7N5/c1-2-4-9-8(3-1)7-15-14-10-11(16(9)15)13-6-5-12-10/h1-7H. The van der Waals surface area contributed by atoms with Crippen molar-refractivity contribution >= 4 is 22.2 Å². The van der Waals surface area contributed by atoms with Gasteiger partial charge in [-0.15, -0.1) is 5.10 Å². The lowest BCUT2D eigenvalue weighted by atomic mass is 10.3. The van der Waals surface area contributed by atoms with Crippen molar-refractivity contribution in [2.75, 3.05) is 0 Å². The fourth-order valence-electron chi connectivity index (χ4n) is 2.01. The number of rotatable bonds is 0. The van der Waals surface area contributed by atoms with Crippen molar-refractivity contribution in [1.82, 2.24) is 19.6 Å². The first-order valence-electron chi connectivity index (χ1n) is 4.99. The van der Waals surface area contributed by atoms with Gasteiger partial charge >= 0.3 is 0 Å². The van der Waals surface area contributed by atoms with Crippen LogP contribution in [0.1, 0.15) is 0 Å². The van der Waals surface area contributed by atoms with Crippen LogP contribution in [0.5, 0.6) is 0 Å². The highest BCUT2D eigenvalue weighted by molar-refractivity contribution is 5.80. The van der Waals surface area contributed by atoms with Gasteiger partial charge in [0.2, 0.25) is 6.20 Å². The van der Waals surface area contributed by atoms with Gasteiger partial charge in [-0.05, 0) is 18.3 Å². The summed E-state index contributed by atoms with van der Waals surface area (Å²) >= 11 is 0. The van der Waals surface area contributed by atoms with E-state index in [1.807, 2.05) is 28.9 Å². The molecule has 4 rings (SSSR count). The molecule has 0 radical (unpaired) electrons. The zero-order chi connectivity index (χ0) is 10.5. The molecule has 0 aliphatic rings. The Morgan fingerprint density at radius 2 is 2.00 bits per heavy atom. The molecule has 1 aromatic carbocycles. The molecule has 76 valence electrons. The zero-order valence-electron chi connectivity index (χ0n) is 8.28. The highest BCUT2D eigenvalue weighted by Gasteiger charge is 2.10. The average molecular weight is 209 g/mol. The number of nitrogens with zero attached hydrogens (tertiary/aromatic N) is 5. The molecule has 0 unspecified atom stereocenters. The van der Waals surface area contributed by atoms with Crippen molar-refractivity contribution in [3.05, 3.63) is 42.9 Å². The van der Waals surface area contributed by atoms with E-state index in [0.29, 0.717) is 5.65 Å². The van der Waals surface area contributed by atoms with E-state index >= 15 is 0 Å². The number of hydrogen-bond acceptors (Lipinski definition) is 2. The monoisotopic (exact) mass is 209 g/mol. The molecule has 0 aliphatic heterocycles. The second-order valence-corrected chi connectivity index (χ2v) is 3.62. The molecule has 0 aliphatic carbocycles. The fraction of sp³-hybridized carbons (Fsp3) is 0. The molecule has 5 nitrogen and oxygen atoms in total. The fourth-order valence-corrected chi connectivity index (χ4v) is 2.01. The van der Waals surface area contributed by atoms with Crippen LogP contribution in [-0.4, -0.2) is 14.5 Å². The molecule has 0 amide bonds. The molecule has 4 aromatic rings. The lowest BCUT2D eigenvalue weighted by Gasteiger charge is -1.91. The maximum Gasteiger partial charge on any atom is 0.211 e. The molecule has 0 saturated heterocycles. The molecule has 16 heavy (non-hydrogen) atoms. The Morgan fingerprint density at radius 1 is 1.12 bits per heavy atom. The summed E-state index contributed by atoms with van der Waals surface area (Å²) in [4.78, 5) is 8.49. The highest BCUT2D eigenvalue weighted by atomic mass is 15.5. The van der Waals surface area contributed by atoms with Crippen molar-refractivity contribution in [3.8, 4) is 0 Å². The van der Waals surface area contributed by atoms with Gasteiger partial charge in [0.15, 0.2) is 5.65 Å². The molecular formula is C11H7N5. The van der Waals surface area contributed by atoms with Gasteiger partial charge in [-0.2, -0.15) is 4.52 Å². The first-order chi connectivity index (χ1) is 7.93. The molecule has 0 saturated carbocycles. The highest BCUT2D eigenvalue weighted by Crippen LogP contribution is 2.13. The first kappa shape index (κ1) is 7.81. The zero-order valence-corrected chi connectivity index (χ0v) is 8.28. The van der Waals surface area contributed by atoms with Gasteiger partial charge in [0, 0.05) is 6.20 Å². The van der Waals surface area contributed by atoms with Crippen LogP contribution < -0.4 is 9.73 Å². The van der Waals surface area contributed by atoms with Crippen LogP contribution in [0.3, 0.4) is 0 Å². The molecule has 0 atom stereocenters. The summed E-state index contributed by atoms with van der Waals surface area (Å²) in [6.07, 6.45) is 5.30. The predicted octanol–water partition coefficient (Wildman–Crippen LogP) is 0.578. The van der Waals surface area contributed by atoms with E-state index in [4.69, 9.17) is 0 Å². The van der Waals surface area contributed by atoms with Gasteiger partial charge < -0.3 is 4.98 Å². The summed E-state index contributed by atoms with van der Waals surface area (Å²) in [5, 5.41) is 5.50. The summed E-state index contributed by atoms with van der Waals surface area (Å²) in [7, 11) is 0. The maximum atomic E-state index is 4.36. The lowest BCUT2D eigenvalue weighted by molar-refractivity contribution is -0.671. The third kappa shape index (κ3) is 0.826. The topological polar surface area (TPSA) is 48.4 Å². The Morgan fingerprint density at radius 3 is 3.00 bits per heavy atom. The Bertz CT molecular complexity index is 745. The van der Waals surface area contributed by atoms with E-state index in [0.717, 1.165) is 16.6 Å². The smallest absolute Gasteiger partial charge is 0.211 e. The van der Waals surface area contributed by atoms with E-state index < -0.39 is 0 Å². The van der Waals surface area contributed by atoms with Crippen molar-refractivity contribution in [3.63, 3.8) is 0 Å². The number of benzene rings is 1. The summed E-state index contributed by atoms with van der Waals surface area (Å²) in [5.41, 5.74) is 2.53. The van der Waals surface area contributed by atoms with E-state index in [2.05, 4.69) is 21.1 Å². The van der Waals surface area contributed by atoms with Gasteiger partial charge in [-0.3, -0.25) is 0 Å². The van der Waals surface area contributed by atoms with Gasteiger partial charge in [-0.25, -0.2) is 4.98 Å². The van der Waals surface area contributed by atoms with E-state index in [9.17, 15) is 0 Å². The van der Waals surface area contributed by atoms with Gasteiger partial charge in [0.25, 0.3) is 0 Å². The minimum absolute atomic E-state index is 0.660. The summed E-state index contributed by atoms with van der Waals surface area (Å²) in [6, 6.07) is 8.12. The van der Waals surface area contributed by atoms with Crippen LogP contribution in [0.25, 0.3) is 22.2 Å². The van der Waals surface area contributed by atoms with Gasteiger partial charge in [0.1, 0.15) is 5.65 Å². The molecule has 5 heteroatoms. The van der Waals surface area contributed by atoms with Crippen LogP contribution in [0.2, 0.25) is 0 Å². The van der Waals surface area contributed by atoms with Crippen LogP contribution in [0, 0.1) is 0 Å². The third-order valence-electron chi connectivity index (χ3n) is 2.68. The van der Waals surface area contributed by atoms with E-state index in [1.54, 1.807) is 17.0 Å². The molecule has 0 N–H and O–H groups in total. The van der Waals surface area contributed by atoms with Crippen molar-refractivity contribution in [1.29, 1.82) is 0 Å². The normalized spacial score (nSPS) is 11.8. The number of para-hydroxylation sites is 1. The van der Waals surface area contributed by atoms with Crippen LogP contribution in [-0.2, 0) is 0 Å². The number of hydrogen-bond donors (Lipinski definition) is 0. The van der Waals surface area contributed by atoms with E-state index in [1.165, 1.54) is 0 Å². The Labute approximate surface area is 89.9 Å². The van der Waals surface area contributed by atoms with Crippen LogP contribution in [0.15, 0.2) is 42.9 Å². The maximum absolute atomic E-state index is 4.36. The largest absolute Gasteiger partial charge is 0.361 e. The number of fused-ring (bicyclic) bond motifs is 5. The molecule has 0 spiro atoms. The lowest BCUT2D eigenvalue weighted by Crippen LogP contribution is -2.28. The van der Waals surface area contributed by atoms with E-state index in [-0.39, 0.29) is 0 Å². The van der Waals surface area contributed by atoms with Gasteiger partial charge in [0.05, 0.1) is 10.9 Å². The van der Waals surface area contributed by atoms with Gasteiger partial charge in [-0.1, -0.05) is 16.8 Å². The molecule has 0 bridgehead atoms. The van der Waals surface area contributed by atoms with Crippen molar-refractivity contribution < 1.29 is 4.63 Å². The second kappa shape index (κ2) is 2.57. The second-order valence-electron chi connectivity index (χ2n) is 3.62. The summed E-state index contributed by atoms with van der Waals surface area (Å²) < 4.78 is 3.73. The number of aromatic nitrogens is 5. The summed E-state index contributed by atoms with van der Waals surface area (Å²) in [6.45, 7) is 0. The van der Waals surface area contributed by atoms with Crippen molar-refractivity contribution in [2.24, 2.45) is 0 Å². The minimum atomic E-state index is 0.660. The Balaban J connectivity index is 2.38. The average Bonchev–Trinajstić information content (AvgIpc) is 2.83. The minimum Gasteiger partial charge on any atom is -0.361 e. The first-order valence-corrected chi connectivity index (χ1v) is 4.99. The van der Waals surface area contributed by atoms with Crippen LogP contribution in [0.4, 0.5) is 0 Å². The quantitative estimate of drug-likeness (QED) is 0.398. The summed E-state index contributed by atoms with van der Waals surface area (Å²) in [5.74, 6) is 0. The Kier molecular flexibility index (Phi) is 1.26. The van der Waals surface area contributed by atoms with Crippen LogP contribution >= 0.6 is 0 Å². The molecule has 3 aromatic heterocycles. The Hall–Kier alpha value is -2.43. The molecule has 3 heterocycles. The molecular weight excluding hydrogens is 202 g/mol. The SMILES string of the molecule is c1ccc2c(c1)c[n+]1[n-]c3nccnc3n21.